The summed E-state index contributed by atoms with van der Waals surface area (Å²) in [7, 11) is -3.71. The van der Waals surface area contributed by atoms with Crippen molar-refractivity contribution >= 4 is 21.6 Å². The minimum Gasteiger partial charge on any atom is -0.336 e. The van der Waals surface area contributed by atoms with Crippen molar-refractivity contribution in [2.75, 3.05) is 17.8 Å². The van der Waals surface area contributed by atoms with Crippen LogP contribution in [0, 0.1) is 12.8 Å². The Labute approximate surface area is 160 Å². The van der Waals surface area contributed by atoms with Crippen molar-refractivity contribution in [1.29, 1.82) is 0 Å². The fourth-order valence-corrected chi connectivity index (χ4v) is 4.56. The molecule has 1 amide bonds. The molecule has 0 aliphatic carbocycles. The zero-order valence-corrected chi connectivity index (χ0v) is 16.4. The molecule has 1 aliphatic rings. The standard InChI is InChI=1S/C20H25N3O3S/c1-14-5-3-4-6-19(14)22-27(25,26)18-9-7-17(8-10-18)20(24)23-13-16(12-21)11-15(23)2/h3-10,15-16,22H,11-13,21H2,1-2H3. The van der Waals surface area contributed by atoms with Gasteiger partial charge in [0.05, 0.1) is 10.6 Å². The molecule has 3 N–H and O–H groups in total. The Morgan fingerprint density at radius 1 is 1.19 bits per heavy atom. The highest BCUT2D eigenvalue weighted by atomic mass is 32.2. The van der Waals surface area contributed by atoms with E-state index in [4.69, 9.17) is 5.73 Å². The third kappa shape index (κ3) is 4.14. The number of hydrogen-bond acceptors (Lipinski definition) is 4. The summed E-state index contributed by atoms with van der Waals surface area (Å²) in [5.74, 6) is 0.233. The van der Waals surface area contributed by atoms with E-state index < -0.39 is 10.0 Å². The second-order valence-corrected chi connectivity index (χ2v) is 8.77. The Morgan fingerprint density at radius 2 is 1.85 bits per heavy atom. The van der Waals surface area contributed by atoms with Crippen molar-refractivity contribution in [1.82, 2.24) is 4.90 Å². The maximum absolute atomic E-state index is 12.7. The topological polar surface area (TPSA) is 92.5 Å². The normalized spacial score (nSPS) is 19.9. The average Bonchev–Trinajstić information content (AvgIpc) is 3.04. The number of carbonyl (C=O) groups excluding carboxylic acids is 1. The zero-order valence-electron chi connectivity index (χ0n) is 15.6. The number of nitrogens with two attached hydrogens (primary N) is 1. The molecule has 2 atom stereocenters. The molecule has 0 aromatic heterocycles. The first-order valence-electron chi connectivity index (χ1n) is 9.01. The molecule has 1 aliphatic heterocycles. The summed E-state index contributed by atoms with van der Waals surface area (Å²) in [5.41, 5.74) is 7.58. The van der Waals surface area contributed by atoms with E-state index in [0.29, 0.717) is 30.3 Å². The van der Waals surface area contributed by atoms with Crippen LogP contribution in [-0.4, -0.2) is 38.4 Å². The Kier molecular flexibility index (Phi) is 5.53. The van der Waals surface area contributed by atoms with Crippen LogP contribution in [0.15, 0.2) is 53.4 Å². The highest BCUT2D eigenvalue weighted by Gasteiger charge is 2.32. The van der Waals surface area contributed by atoms with Gasteiger partial charge in [0.1, 0.15) is 0 Å². The summed E-state index contributed by atoms with van der Waals surface area (Å²) in [6, 6.07) is 13.4. The van der Waals surface area contributed by atoms with Crippen molar-refractivity contribution in [3.05, 3.63) is 59.7 Å². The maximum Gasteiger partial charge on any atom is 0.261 e. The third-order valence-corrected chi connectivity index (χ3v) is 6.44. The predicted octanol–water partition coefficient (Wildman–Crippen LogP) is 2.61. The number of nitrogens with one attached hydrogen (secondary N) is 1. The Morgan fingerprint density at radius 3 is 2.44 bits per heavy atom. The minimum atomic E-state index is -3.71. The van der Waals surface area contributed by atoms with Crippen molar-refractivity contribution in [3.63, 3.8) is 0 Å². The average molecular weight is 388 g/mol. The van der Waals surface area contributed by atoms with Crippen LogP contribution >= 0.6 is 0 Å². The van der Waals surface area contributed by atoms with Gasteiger partial charge in [0, 0.05) is 18.2 Å². The summed E-state index contributed by atoms with van der Waals surface area (Å²) >= 11 is 0. The largest absolute Gasteiger partial charge is 0.336 e. The van der Waals surface area contributed by atoms with Gasteiger partial charge in [0.2, 0.25) is 0 Å². The minimum absolute atomic E-state index is 0.0886. The maximum atomic E-state index is 12.7. The summed E-state index contributed by atoms with van der Waals surface area (Å²) in [6.45, 7) is 5.06. The van der Waals surface area contributed by atoms with Crippen molar-refractivity contribution in [3.8, 4) is 0 Å². The van der Waals surface area contributed by atoms with Crippen molar-refractivity contribution < 1.29 is 13.2 Å². The highest BCUT2D eigenvalue weighted by molar-refractivity contribution is 7.92. The van der Waals surface area contributed by atoms with Gasteiger partial charge in [0.15, 0.2) is 0 Å². The fourth-order valence-electron chi connectivity index (χ4n) is 3.43. The van der Waals surface area contributed by atoms with Crippen LogP contribution < -0.4 is 10.5 Å². The SMILES string of the molecule is Cc1ccccc1NS(=O)(=O)c1ccc(C(=O)N2CC(CN)CC2C)cc1. The molecule has 7 heteroatoms. The summed E-state index contributed by atoms with van der Waals surface area (Å²) in [5, 5.41) is 0. The molecule has 1 heterocycles. The number of para-hydroxylation sites is 1. The van der Waals surface area contributed by atoms with E-state index in [1.807, 2.05) is 30.9 Å². The number of anilines is 1. The van der Waals surface area contributed by atoms with Gasteiger partial charge < -0.3 is 10.6 Å². The number of amides is 1. The Balaban J connectivity index is 1.77. The smallest absolute Gasteiger partial charge is 0.261 e. The Bertz CT molecular complexity index is 926. The van der Waals surface area contributed by atoms with Gasteiger partial charge >= 0.3 is 0 Å². The van der Waals surface area contributed by atoms with E-state index in [0.717, 1.165) is 12.0 Å². The molecule has 2 unspecified atom stereocenters. The second kappa shape index (κ2) is 7.70. The number of hydrogen-bond donors (Lipinski definition) is 2. The van der Waals surface area contributed by atoms with E-state index >= 15 is 0 Å². The summed E-state index contributed by atoms with van der Waals surface area (Å²) in [4.78, 5) is 14.7. The predicted molar refractivity (Wildman–Crippen MR) is 106 cm³/mol. The first kappa shape index (κ1) is 19.4. The molecule has 0 bridgehead atoms. The van der Waals surface area contributed by atoms with Crippen LogP contribution in [0.3, 0.4) is 0 Å². The number of likely N-dealkylation sites (tertiary alicyclic amines) is 1. The summed E-state index contributed by atoms with van der Waals surface area (Å²) < 4.78 is 27.8. The van der Waals surface area contributed by atoms with Gasteiger partial charge in [-0.1, -0.05) is 18.2 Å². The second-order valence-electron chi connectivity index (χ2n) is 7.09. The number of nitrogens with zero attached hydrogens (tertiary/aromatic N) is 1. The lowest BCUT2D eigenvalue weighted by molar-refractivity contribution is 0.0743. The number of rotatable bonds is 5. The number of carbonyl (C=O) groups is 1. The van der Waals surface area contributed by atoms with Gasteiger partial charge in [-0.25, -0.2) is 8.42 Å². The van der Waals surface area contributed by atoms with E-state index in [2.05, 4.69) is 4.72 Å². The lowest BCUT2D eigenvalue weighted by Gasteiger charge is -2.21. The molecular weight excluding hydrogens is 362 g/mol. The molecule has 3 rings (SSSR count). The summed E-state index contributed by atoms with van der Waals surface area (Å²) in [6.07, 6.45) is 0.898. The first-order chi connectivity index (χ1) is 12.8. The number of sulfonamides is 1. The van der Waals surface area contributed by atoms with Crippen LogP contribution in [0.1, 0.15) is 29.3 Å². The number of benzene rings is 2. The van der Waals surface area contributed by atoms with Gasteiger partial charge in [0.25, 0.3) is 15.9 Å². The molecule has 2 aromatic carbocycles. The zero-order chi connectivity index (χ0) is 19.6. The molecule has 0 radical (unpaired) electrons. The molecular formula is C20H25N3O3S. The van der Waals surface area contributed by atoms with Crippen LogP contribution in [0.25, 0.3) is 0 Å². The van der Waals surface area contributed by atoms with Crippen LogP contribution in [0.2, 0.25) is 0 Å². The van der Waals surface area contributed by atoms with Crippen LogP contribution in [0.4, 0.5) is 5.69 Å². The molecule has 1 fully saturated rings. The molecule has 2 aromatic rings. The third-order valence-electron chi connectivity index (χ3n) is 5.06. The van der Waals surface area contributed by atoms with E-state index in [1.165, 1.54) is 12.1 Å². The first-order valence-corrected chi connectivity index (χ1v) is 10.5. The highest BCUT2D eigenvalue weighted by Crippen LogP contribution is 2.25. The quantitative estimate of drug-likeness (QED) is 0.825. The number of aryl methyl sites for hydroxylation is 1. The van der Waals surface area contributed by atoms with Gasteiger partial charge in [-0.15, -0.1) is 0 Å². The molecule has 1 saturated heterocycles. The van der Waals surface area contributed by atoms with Crippen molar-refractivity contribution in [2.24, 2.45) is 11.7 Å². The molecule has 144 valence electrons. The van der Waals surface area contributed by atoms with Crippen LogP contribution in [-0.2, 0) is 10.0 Å². The molecule has 6 nitrogen and oxygen atoms in total. The van der Waals surface area contributed by atoms with Crippen molar-refractivity contribution in [2.45, 2.75) is 31.2 Å². The lowest BCUT2D eigenvalue weighted by Crippen LogP contribution is -2.34. The van der Waals surface area contributed by atoms with Crippen LogP contribution in [0.5, 0.6) is 0 Å². The lowest BCUT2D eigenvalue weighted by atomic mass is 10.1. The molecule has 0 spiro atoms. The fraction of sp³-hybridized carbons (Fsp3) is 0.350. The van der Waals surface area contributed by atoms with Gasteiger partial charge in [-0.3, -0.25) is 9.52 Å². The molecule has 0 saturated carbocycles. The van der Waals surface area contributed by atoms with E-state index in [9.17, 15) is 13.2 Å². The van der Waals surface area contributed by atoms with E-state index in [-0.39, 0.29) is 16.8 Å². The Hall–Kier alpha value is -2.38. The van der Waals surface area contributed by atoms with Gasteiger partial charge in [-0.2, -0.15) is 0 Å². The van der Waals surface area contributed by atoms with Gasteiger partial charge in [-0.05, 0) is 68.6 Å². The molecule has 27 heavy (non-hydrogen) atoms. The monoisotopic (exact) mass is 387 g/mol. The van der Waals surface area contributed by atoms with E-state index in [1.54, 1.807) is 24.3 Å².